The van der Waals surface area contributed by atoms with Gasteiger partial charge in [0.15, 0.2) is 0 Å². The van der Waals surface area contributed by atoms with Crippen LogP contribution in [0.4, 0.5) is 16.2 Å². The van der Waals surface area contributed by atoms with Gasteiger partial charge in [-0.15, -0.1) is 0 Å². The number of likely N-dealkylation sites (N-methyl/N-ethyl adjacent to an activating group) is 1. The summed E-state index contributed by atoms with van der Waals surface area (Å²) < 4.78 is 10.5. The molecule has 8 heteroatoms. The maximum absolute atomic E-state index is 13.3. The van der Waals surface area contributed by atoms with Gasteiger partial charge in [-0.05, 0) is 62.2 Å². The van der Waals surface area contributed by atoms with Crippen LogP contribution in [0.1, 0.15) is 31.9 Å². The number of nitrogens with zero attached hydrogens (tertiary/aromatic N) is 2. The number of hydrogen-bond acceptors (Lipinski definition) is 6. The topological polar surface area (TPSA) is 88.2 Å². The fourth-order valence-corrected chi connectivity index (χ4v) is 4.28. The molecular formula is C26H27N3O5. The highest BCUT2D eigenvalue weighted by Crippen LogP contribution is 2.39. The predicted octanol–water partition coefficient (Wildman–Crippen LogP) is 4.00. The average Bonchev–Trinajstić information content (AvgIpc) is 2.80. The minimum absolute atomic E-state index is 0.130. The van der Waals surface area contributed by atoms with Crippen LogP contribution in [0, 0.1) is 0 Å². The lowest BCUT2D eigenvalue weighted by atomic mass is 9.88. The van der Waals surface area contributed by atoms with Gasteiger partial charge in [0.05, 0.1) is 25.4 Å². The molecule has 2 aliphatic heterocycles. The molecular weight excluding hydrogens is 434 g/mol. The van der Waals surface area contributed by atoms with Crippen LogP contribution in [0.15, 0.2) is 48.0 Å². The van der Waals surface area contributed by atoms with Crippen LogP contribution >= 0.6 is 0 Å². The fourth-order valence-electron chi connectivity index (χ4n) is 4.28. The molecule has 34 heavy (non-hydrogen) atoms. The van der Waals surface area contributed by atoms with Gasteiger partial charge < -0.3 is 14.4 Å². The average molecular weight is 462 g/mol. The Labute approximate surface area is 198 Å². The normalized spacial score (nSPS) is 18.5. The van der Waals surface area contributed by atoms with Gasteiger partial charge in [-0.1, -0.05) is 12.1 Å². The van der Waals surface area contributed by atoms with Crippen molar-refractivity contribution in [1.82, 2.24) is 5.32 Å². The fraction of sp³-hybridized carbons (Fsp3) is 0.269. The van der Waals surface area contributed by atoms with Gasteiger partial charge in [0.25, 0.3) is 11.8 Å². The van der Waals surface area contributed by atoms with Crippen molar-refractivity contribution in [2.45, 2.75) is 26.3 Å². The highest BCUT2D eigenvalue weighted by Gasteiger charge is 2.38. The molecule has 2 heterocycles. The molecule has 2 aromatic rings. The van der Waals surface area contributed by atoms with E-state index in [4.69, 9.17) is 9.47 Å². The van der Waals surface area contributed by atoms with Gasteiger partial charge in [0, 0.05) is 24.4 Å². The number of imide groups is 2. The standard InChI is InChI=1S/C26H27N3O5/c1-15-14-26(2,3)28(4)20-9-7-16(11-18(15)20)12-19-23(30)27-25(32)29(24(19)31)21-10-8-17(33-5)13-22(21)34-6/h7-14H,1-6H3,(H,27,30,32)/b19-12+. The van der Waals surface area contributed by atoms with Crippen molar-refractivity contribution in [3.8, 4) is 11.5 Å². The zero-order valence-corrected chi connectivity index (χ0v) is 20.1. The third kappa shape index (κ3) is 3.81. The zero-order valence-electron chi connectivity index (χ0n) is 20.1. The first-order valence-electron chi connectivity index (χ1n) is 10.8. The zero-order chi connectivity index (χ0) is 24.8. The summed E-state index contributed by atoms with van der Waals surface area (Å²) in [6, 6.07) is 9.62. The Kier molecular flexibility index (Phi) is 5.69. The molecule has 0 unspecified atom stereocenters. The minimum Gasteiger partial charge on any atom is -0.497 e. The lowest BCUT2D eigenvalue weighted by Gasteiger charge is -2.40. The molecule has 0 aromatic heterocycles. The molecule has 0 saturated carbocycles. The summed E-state index contributed by atoms with van der Waals surface area (Å²) in [6.45, 7) is 6.32. The third-order valence-corrected chi connectivity index (χ3v) is 6.28. The van der Waals surface area contributed by atoms with Crippen molar-refractivity contribution in [2.24, 2.45) is 0 Å². The summed E-state index contributed by atoms with van der Waals surface area (Å²) in [5, 5.41) is 2.25. The first-order valence-corrected chi connectivity index (χ1v) is 10.8. The van der Waals surface area contributed by atoms with E-state index in [0.717, 1.165) is 21.7 Å². The molecule has 0 spiro atoms. The Hall–Kier alpha value is -4.07. The molecule has 2 aromatic carbocycles. The number of carbonyl (C=O) groups excluding carboxylic acids is 3. The first kappa shape index (κ1) is 23.1. The molecule has 176 valence electrons. The van der Waals surface area contributed by atoms with Gasteiger partial charge in [0.1, 0.15) is 17.1 Å². The van der Waals surface area contributed by atoms with Crippen LogP contribution in [0.3, 0.4) is 0 Å². The second kappa shape index (κ2) is 8.37. The largest absolute Gasteiger partial charge is 0.497 e. The van der Waals surface area contributed by atoms with Crippen LogP contribution in [-0.4, -0.2) is 44.7 Å². The molecule has 8 nitrogen and oxygen atoms in total. The molecule has 1 fully saturated rings. The quantitative estimate of drug-likeness (QED) is 0.547. The lowest BCUT2D eigenvalue weighted by molar-refractivity contribution is -0.122. The van der Waals surface area contributed by atoms with Crippen molar-refractivity contribution in [3.05, 3.63) is 59.2 Å². The van der Waals surface area contributed by atoms with E-state index in [1.165, 1.54) is 26.4 Å². The number of urea groups is 1. The van der Waals surface area contributed by atoms with Crippen LogP contribution in [-0.2, 0) is 9.59 Å². The Morgan fingerprint density at radius 3 is 2.35 bits per heavy atom. The molecule has 1 N–H and O–H groups in total. The van der Waals surface area contributed by atoms with E-state index in [-0.39, 0.29) is 22.5 Å². The Morgan fingerprint density at radius 2 is 1.68 bits per heavy atom. The van der Waals surface area contributed by atoms with Crippen molar-refractivity contribution < 1.29 is 23.9 Å². The summed E-state index contributed by atoms with van der Waals surface area (Å²) in [4.78, 5) is 41.6. The molecule has 0 aliphatic carbocycles. The van der Waals surface area contributed by atoms with E-state index in [2.05, 4.69) is 30.1 Å². The number of amides is 4. The molecule has 0 atom stereocenters. The number of anilines is 2. The van der Waals surface area contributed by atoms with Gasteiger partial charge in [-0.2, -0.15) is 0 Å². The molecule has 4 amide bonds. The Balaban J connectivity index is 1.75. The molecule has 0 radical (unpaired) electrons. The SMILES string of the molecule is COc1ccc(N2C(=O)NC(=O)/C(=C\c3ccc4c(c3)C(C)=CC(C)(C)N4C)C2=O)c(OC)c1. The second-order valence-corrected chi connectivity index (χ2v) is 8.81. The number of ether oxygens (including phenoxy) is 2. The highest BCUT2D eigenvalue weighted by molar-refractivity contribution is 6.39. The number of barbiturate groups is 1. The minimum atomic E-state index is -0.844. The Bertz CT molecular complexity index is 1280. The van der Waals surface area contributed by atoms with Gasteiger partial charge in [-0.25, -0.2) is 9.69 Å². The number of fused-ring (bicyclic) bond motifs is 1. The highest BCUT2D eigenvalue weighted by atomic mass is 16.5. The summed E-state index contributed by atoms with van der Waals surface area (Å²) in [5.41, 5.74) is 3.79. The number of nitrogens with one attached hydrogen (secondary N) is 1. The predicted molar refractivity (Wildman–Crippen MR) is 131 cm³/mol. The van der Waals surface area contributed by atoms with Crippen LogP contribution in [0.25, 0.3) is 11.6 Å². The maximum Gasteiger partial charge on any atom is 0.336 e. The van der Waals surface area contributed by atoms with Crippen LogP contribution < -0.4 is 24.6 Å². The van der Waals surface area contributed by atoms with Crippen LogP contribution in [0.5, 0.6) is 11.5 Å². The van der Waals surface area contributed by atoms with Gasteiger partial charge >= 0.3 is 6.03 Å². The Morgan fingerprint density at radius 1 is 0.971 bits per heavy atom. The van der Waals surface area contributed by atoms with E-state index in [1.54, 1.807) is 12.1 Å². The number of benzene rings is 2. The van der Waals surface area contributed by atoms with E-state index in [0.29, 0.717) is 11.3 Å². The van der Waals surface area contributed by atoms with E-state index >= 15 is 0 Å². The summed E-state index contributed by atoms with van der Waals surface area (Å²) in [7, 11) is 4.96. The van der Waals surface area contributed by atoms with Crippen LogP contribution in [0.2, 0.25) is 0 Å². The number of hydrogen-bond donors (Lipinski definition) is 1. The third-order valence-electron chi connectivity index (χ3n) is 6.28. The lowest BCUT2D eigenvalue weighted by Crippen LogP contribution is -2.54. The molecule has 1 saturated heterocycles. The van der Waals surface area contributed by atoms with Gasteiger partial charge in [-0.3, -0.25) is 14.9 Å². The van der Waals surface area contributed by atoms with Gasteiger partial charge in [0.2, 0.25) is 0 Å². The molecule has 4 rings (SSSR count). The maximum atomic E-state index is 13.3. The number of allylic oxidation sites excluding steroid dienone is 1. The van der Waals surface area contributed by atoms with Crippen molar-refractivity contribution in [2.75, 3.05) is 31.1 Å². The number of methoxy groups -OCH3 is 2. The van der Waals surface area contributed by atoms with E-state index in [9.17, 15) is 14.4 Å². The smallest absolute Gasteiger partial charge is 0.336 e. The summed E-state index contributed by atoms with van der Waals surface area (Å²) in [5.74, 6) is -0.720. The van der Waals surface area contributed by atoms with Crippen molar-refractivity contribution in [1.29, 1.82) is 0 Å². The van der Waals surface area contributed by atoms with E-state index < -0.39 is 17.8 Å². The summed E-state index contributed by atoms with van der Waals surface area (Å²) in [6.07, 6.45) is 3.68. The van der Waals surface area contributed by atoms with Crippen molar-refractivity contribution >= 4 is 40.9 Å². The monoisotopic (exact) mass is 461 g/mol. The first-order chi connectivity index (χ1) is 16.1. The molecule has 0 bridgehead atoms. The number of carbonyl (C=O) groups is 3. The van der Waals surface area contributed by atoms with Crippen molar-refractivity contribution in [3.63, 3.8) is 0 Å². The number of rotatable bonds is 4. The van der Waals surface area contributed by atoms with E-state index in [1.807, 2.05) is 32.2 Å². The molecule has 2 aliphatic rings. The summed E-state index contributed by atoms with van der Waals surface area (Å²) >= 11 is 0. The second-order valence-electron chi connectivity index (χ2n) is 8.81.